The maximum absolute atomic E-state index is 11.7. The molecule has 0 bridgehead atoms. The molecule has 0 N–H and O–H groups in total. The molecule has 0 saturated carbocycles. The van der Waals surface area contributed by atoms with Gasteiger partial charge in [-0.3, -0.25) is 4.79 Å². The van der Waals surface area contributed by atoms with Crippen molar-refractivity contribution in [2.75, 3.05) is 6.61 Å². The Labute approximate surface area is 117 Å². The van der Waals surface area contributed by atoms with Crippen LogP contribution >= 0.6 is 0 Å². The zero-order valence-electron chi connectivity index (χ0n) is 11.4. The second kappa shape index (κ2) is 7.10. The van der Waals surface area contributed by atoms with E-state index in [2.05, 4.69) is 6.58 Å². The highest BCUT2D eigenvalue weighted by atomic mass is 16.6. The van der Waals surface area contributed by atoms with E-state index in [9.17, 15) is 9.59 Å². The molecule has 1 aromatic rings. The van der Waals surface area contributed by atoms with E-state index < -0.39 is 18.0 Å². The van der Waals surface area contributed by atoms with Crippen molar-refractivity contribution in [1.82, 2.24) is 0 Å². The standard InChI is InChI=1S/C15H15NO4/c1-4-19-15(18)10(2)14(20-11(3)17)13-7-5-12(9-16)6-8-13/h5-8,14H,2,4H2,1,3H3. The number of nitrogens with zero attached hydrogens (tertiary/aromatic N) is 1. The minimum absolute atomic E-state index is 0.0340. The summed E-state index contributed by atoms with van der Waals surface area (Å²) in [6.07, 6.45) is -0.917. The van der Waals surface area contributed by atoms with Gasteiger partial charge in [0, 0.05) is 6.92 Å². The van der Waals surface area contributed by atoms with E-state index in [0.29, 0.717) is 11.1 Å². The lowest BCUT2D eigenvalue weighted by molar-refractivity contribution is -0.147. The number of esters is 2. The number of hydrogen-bond acceptors (Lipinski definition) is 5. The first kappa shape index (κ1) is 15.4. The van der Waals surface area contributed by atoms with E-state index in [-0.39, 0.29) is 12.2 Å². The Morgan fingerprint density at radius 1 is 1.35 bits per heavy atom. The third-order valence-electron chi connectivity index (χ3n) is 2.48. The number of hydrogen-bond donors (Lipinski definition) is 0. The highest BCUT2D eigenvalue weighted by Gasteiger charge is 2.24. The topological polar surface area (TPSA) is 76.4 Å². The van der Waals surface area contributed by atoms with Crippen molar-refractivity contribution in [2.24, 2.45) is 0 Å². The Balaban J connectivity index is 3.05. The number of carbonyl (C=O) groups is 2. The molecule has 0 heterocycles. The minimum Gasteiger partial charge on any atom is -0.463 e. The lowest BCUT2D eigenvalue weighted by Gasteiger charge is -2.18. The largest absolute Gasteiger partial charge is 0.463 e. The van der Waals surface area contributed by atoms with Crippen LogP contribution in [0.1, 0.15) is 31.1 Å². The van der Waals surface area contributed by atoms with Gasteiger partial charge < -0.3 is 9.47 Å². The Hall–Kier alpha value is -2.61. The maximum atomic E-state index is 11.7. The summed E-state index contributed by atoms with van der Waals surface area (Å²) in [4.78, 5) is 22.9. The first-order valence-corrected chi connectivity index (χ1v) is 6.02. The first-order valence-electron chi connectivity index (χ1n) is 6.02. The summed E-state index contributed by atoms with van der Waals surface area (Å²) < 4.78 is 9.97. The van der Waals surface area contributed by atoms with Gasteiger partial charge in [0.2, 0.25) is 0 Å². The summed E-state index contributed by atoms with van der Waals surface area (Å²) >= 11 is 0. The van der Waals surface area contributed by atoms with Crippen molar-refractivity contribution < 1.29 is 19.1 Å². The van der Waals surface area contributed by atoms with Gasteiger partial charge in [0.05, 0.1) is 23.8 Å². The molecule has 0 fully saturated rings. The van der Waals surface area contributed by atoms with Gasteiger partial charge in [0.15, 0.2) is 6.10 Å². The number of benzene rings is 1. The molecule has 0 saturated heterocycles. The Kier molecular flexibility index (Phi) is 5.48. The fourth-order valence-corrected chi connectivity index (χ4v) is 1.57. The van der Waals surface area contributed by atoms with Gasteiger partial charge in [-0.1, -0.05) is 18.7 Å². The predicted octanol–water partition coefficient (Wildman–Crippen LogP) is 2.28. The van der Waals surface area contributed by atoms with Crippen molar-refractivity contribution in [1.29, 1.82) is 5.26 Å². The molecular formula is C15H15NO4. The summed E-state index contributed by atoms with van der Waals surface area (Å²) in [5.74, 6) is -1.16. The van der Waals surface area contributed by atoms with Crippen LogP contribution in [0, 0.1) is 11.3 Å². The quantitative estimate of drug-likeness (QED) is 0.607. The summed E-state index contributed by atoms with van der Waals surface area (Å²) in [6.45, 7) is 6.75. The lowest BCUT2D eigenvalue weighted by atomic mass is 10.0. The molecule has 0 aromatic heterocycles. The van der Waals surface area contributed by atoms with Crippen molar-refractivity contribution in [3.63, 3.8) is 0 Å². The average Bonchev–Trinajstić information content (AvgIpc) is 2.44. The Bertz CT molecular complexity index is 554. The van der Waals surface area contributed by atoms with E-state index in [1.807, 2.05) is 6.07 Å². The van der Waals surface area contributed by atoms with Gasteiger partial charge >= 0.3 is 11.9 Å². The van der Waals surface area contributed by atoms with Gasteiger partial charge in [-0.25, -0.2) is 4.79 Å². The van der Waals surface area contributed by atoms with E-state index in [1.165, 1.54) is 6.92 Å². The number of ether oxygens (including phenoxy) is 2. The van der Waals surface area contributed by atoms with Crippen LogP contribution in [0.15, 0.2) is 36.4 Å². The summed E-state index contributed by atoms with van der Waals surface area (Å²) in [5.41, 5.74) is 1.06. The monoisotopic (exact) mass is 273 g/mol. The van der Waals surface area contributed by atoms with Crippen LogP contribution in [0.3, 0.4) is 0 Å². The highest BCUT2D eigenvalue weighted by Crippen LogP contribution is 2.26. The zero-order chi connectivity index (χ0) is 15.1. The molecule has 104 valence electrons. The number of carbonyl (C=O) groups excluding carboxylic acids is 2. The summed E-state index contributed by atoms with van der Waals surface area (Å²) in [6, 6.07) is 8.35. The van der Waals surface area contributed by atoms with Crippen LogP contribution < -0.4 is 0 Å². The van der Waals surface area contributed by atoms with Gasteiger partial charge in [0.25, 0.3) is 0 Å². The molecule has 1 atom stereocenters. The lowest BCUT2D eigenvalue weighted by Crippen LogP contribution is -2.18. The highest BCUT2D eigenvalue weighted by molar-refractivity contribution is 5.89. The molecule has 0 radical (unpaired) electrons. The van der Waals surface area contributed by atoms with Crippen molar-refractivity contribution in [3.8, 4) is 6.07 Å². The molecule has 1 aromatic carbocycles. The van der Waals surface area contributed by atoms with Gasteiger partial charge in [-0.2, -0.15) is 5.26 Å². The second-order valence-electron chi connectivity index (χ2n) is 3.97. The Morgan fingerprint density at radius 3 is 2.40 bits per heavy atom. The molecule has 20 heavy (non-hydrogen) atoms. The zero-order valence-corrected chi connectivity index (χ0v) is 11.4. The molecule has 1 unspecified atom stereocenters. The fraction of sp³-hybridized carbons (Fsp3) is 0.267. The number of rotatable bonds is 5. The first-order chi connectivity index (χ1) is 9.49. The normalized spacial score (nSPS) is 11.1. The van der Waals surface area contributed by atoms with Crippen molar-refractivity contribution in [2.45, 2.75) is 20.0 Å². The van der Waals surface area contributed by atoms with Crippen LogP contribution in [0.4, 0.5) is 0 Å². The van der Waals surface area contributed by atoms with E-state index in [0.717, 1.165) is 0 Å². The van der Waals surface area contributed by atoms with E-state index in [4.69, 9.17) is 14.7 Å². The molecule has 0 aliphatic carbocycles. The van der Waals surface area contributed by atoms with E-state index >= 15 is 0 Å². The predicted molar refractivity (Wildman–Crippen MR) is 71.4 cm³/mol. The fourth-order valence-electron chi connectivity index (χ4n) is 1.57. The Morgan fingerprint density at radius 2 is 1.95 bits per heavy atom. The molecule has 1 rings (SSSR count). The van der Waals surface area contributed by atoms with Crippen LogP contribution in [0.25, 0.3) is 0 Å². The van der Waals surface area contributed by atoms with Crippen molar-refractivity contribution >= 4 is 11.9 Å². The average molecular weight is 273 g/mol. The summed E-state index contributed by atoms with van der Waals surface area (Å²) in [7, 11) is 0. The molecule has 0 amide bonds. The van der Waals surface area contributed by atoms with Crippen LogP contribution in [-0.4, -0.2) is 18.5 Å². The number of nitriles is 1. The van der Waals surface area contributed by atoms with Gasteiger partial charge in [-0.15, -0.1) is 0 Å². The third kappa shape index (κ3) is 3.95. The molecule has 0 spiro atoms. The van der Waals surface area contributed by atoms with Gasteiger partial charge in [0.1, 0.15) is 0 Å². The SMILES string of the molecule is C=C(C(=O)OCC)C(OC(C)=O)c1ccc(C#N)cc1. The third-order valence-corrected chi connectivity index (χ3v) is 2.48. The maximum Gasteiger partial charge on any atom is 0.337 e. The minimum atomic E-state index is -0.917. The molecular weight excluding hydrogens is 258 g/mol. The smallest absolute Gasteiger partial charge is 0.337 e. The molecule has 5 nitrogen and oxygen atoms in total. The molecule has 0 aliphatic rings. The summed E-state index contributed by atoms with van der Waals surface area (Å²) in [5, 5.41) is 8.75. The van der Waals surface area contributed by atoms with Crippen LogP contribution in [0.2, 0.25) is 0 Å². The van der Waals surface area contributed by atoms with Crippen LogP contribution in [0.5, 0.6) is 0 Å². The molecule has 5 heteroatoms. The van der Waals surface area contributed by atoms with Crippen LogP contribution in [-0.2, 0) is 19.1 Å². The molecule has 0 aliphatic heterocycles. The second-order valence-corrected chi connectivity index (χ2v) is 3.97. The van der Waals surface area contributed by atoms with Crippen molar-refractivity contribution in [3.05, 3.63) is 47.5 Å². The van der Waals surface area contributed by atoms with E-state index in [1.54, 1.807) is 31.2 Å². The van der Waals surface area contributed by atoms with Gasteiger partial charge in [-0.05, 0) is 24.6 Å².